The fraction of sp³-hybridized carbons (Fsp3) is 0.286. The van der Waals surface area contributed by atoms with Gasteiger partial charge in [0, 0.05) is 44.3 Å². The largest absolute Gasteiger partial charge is 0.348 e. The third kappa shape index (κ3) is 3.28. The smallest absolute Gasteiger partial charge is 0.294 e. The monoisotopic (exact) mass is 272 g/mol. The first-order chi connectivity index (χ1) is 9.58. The number of hydrogen-bond donors (Lipinski definition) is 1. The Bertz CT molecular complexity index is 607. The quantitative estimate of drug-likeness (QED) is 0.643. The maximum absolute atomic E-state index is 12.0. The second-order valence-electron chi connectivity index (χ2n) is 4.61. The minimum absolute atomic E-state index is 0.191. The van der Waals surface area contributed by atoms with Gasteiger partial charge in [0.05, 0.1) is 11.4 Å². The topological polar surface area (TPSA) is 76.9 Å². The fourth-order valence-corrected chi connectivity index (χ4v) is 1.90. The highest BCUT2D eigenvalue weighted by atomic mass is 16.2. The molecule has 1 atom stereocenters. The first kappa shape index (κ1) is 13.9. The van der Waals surface area contributed by atoms with Crippen LogP contribution in [0.1, 0.15) is 23.1 Å². The number of Topliss-reactive ketones (excluding diaryl/α,β-unsaturated/α-hetero) is 1. The number of rotatable bonds is 5. The second-order valence-corrected chi connectivity index (χ2v) is 4.61. The third-order valence-electron chi connectivity index (χ3n) is 2.89. The molecule has 0 fully saturated rings. The van der Waals surface area contributed by atoms with Crippen molar-refractivity contribution in [2.75, 3.05) is 0 Å². The van der Waals surface area contributed by atoms with E-state index >= 15 is 0 Å². The summed E-state index contributed by atoms with van der Waals surface area (Å²) in [6, 6.07) is 3.15. The van der Waals surface area contributed by atoms with Crippen LogP contribution in [0.2, 0.25) is 0 Å². The Hall–Kier alpha value is -2.50. The van der Waals surface area contributed by atoms with Gasteiger partial charge in [-0.05, 0) is 19.1 Å². The van der Waals surface area contributed by atoms with Crippen LogP contribution in [0.5, 0.6) is 0 Å². The van der Waals surface area contributed by atoms with E-state index in [-0.39, 0.29) is 6.04 Å². The molecule has 104 valence electrons. The molecule has 6 heteroatoms. The zero-order chi connectivity index (χ0) is 14.5. The van der Waals surface area contributed by atoms with Crippen LogP contribution in [-0.4, -0.2) is 32.3 Å². The van der Waals surface area contributed by atoms with Crippen molar-refractivity contribution in [3.05, 3.63) is 48.3 Å². The Morgan fingerprint density at radius 2 is 2.20 bits per heavy atom. The molecule has 2 aromatic rings. The van der Waals surface area contributed by atoms with Crippen LogP contribution in [0.3, 0.4) is 0 Å². The van der Waals surface area contributed by atoms with Gasteiger partial charge in [0.25, 0.3) is 11.7 Å². The van der Waals surface area contributed by atoms with Crippen LogP contribution in [0.15, 0.2) is 36.9 Å². The lowest BCUT2D eigenvalue weighted by atomic mass is 10.1. The number of hydrogen-bond acceptors (Lipinski definition) is 4. The van der Waals surface area contributed by atoms with Crippen molar-refractivity contribution in [1.82, 2.24) is 19.9 Å². The number of carbonyl (C=O) groups is 2. The van der Waals surface area contributed by atoms with Crippen LogP contribution in [-0.2, 0) is 18.3 Å². The Morgan fingerprint density at radius 1 is 1.40 bits per heavy atom. The van der Waals surface area contributed by atoms with Gasteiger partial charge in [-0.2, -0.15) is 0 Å². The third-order valence-corrected chi connectivity index (χ3v) is 2.89. The van der Waals surface area contributed by atoms with Crippen LogP contribution in [0, 0.1) is 0 Å². The molecule has 0 bridgehead atoms. The summed E-state index contributed by atoms with van der Waals surface area (Å²) in [5, 5.41) is 2.67. The minimum Gasteiger partial charge on any atom is -0.348 e. The van der Waals surface area contributed by atoms with Gasteiger partial charge < -0.3 is 9.88 Å². The first-order valence-corrected chi connectivity index (χ1v) is 6.29. The van der Waals surface area contributed by atoms with E-state index in [0.29, 0.717) is 12.1 Å². The lowest BCUT2D eigenvalue weighted by molar-refractivity contribution is -0.117. The van der Waals surface area contributed by atoms with E-state index in [1.807, 2.05) is 6.92 Å². The molecule has 0 saturated heterocycles. The highest BCUT2D eigenvalue weighted by Crippen LogP contribution is 2.02. The van der Waals surface area contributed by atoms with Gasteiger partial charge in [-0.25, -0.2) is 0 Å². The van der Waals surface area contributed by atoms with Crippen molar-refractivity contribution >= 4 is 11.7 Å². The number of aromatic nitrogens is 3. The number of aryl methyl sites for hydroxylation is 1. The van der Waals surface area contributed by atoms with Crippen molar-refractivity contribution in [3.8, 4) is 0 Å². The van der Waals surface area contributed by atoms with E-state index in [1.54, 1.807) is 48.5 Å². The van der Waals surface area contributed by atoms with E-state index in [4.69, 9.17) is 0 Å². The molecule has 0 aliphatic heterocycles. The van der Waals surface area contributed by atoms with Crippen LogP contribution in [0.4, 0.5) is 0 Å². The average Bonchev–Trinajstić information content (AvgIpc) is 2.85. The number of nitrogens with one attached hydrogen (secondary N) is 1. The Balaban J connectivity index is 1.94. The number of nitrogens with zero attached hydrogens (tertiary/aromatic N) is 3. The number of carbonyl (C=O) groups excluding carboxylic acids is 2. The standard InChI is InChI=1S/C14H16N4O2/c1-10(8-11-9-15-5-6-16-11)17-14(20)13(19)12-4-3-7-18(12)2/h3-7,9-10H,8H2,1-2H3,(H,17,20)/t10-/m0/s1. The molecule has 0 radical (unpaired) electrons. The summed E-state index contributed by atoms with van der Waals surface area (Å²) in [4.78, 5) is 31.9. The first-order valence-electron chi connectivity index (χ1n) is 6.29. The highest BCUT2D eigenvalue weighted by Gasteiger charge is 2.20. The van der Waals surface area contributed by atoms with Crippen molar-refractivity contribution in [3.63, 3.8) is 0 Å². The lowest BCUT2D eigenvalue weighted by Gasteiger charge is -2.12. The molecule has 1 amide bonds. The van der Waals surface area contributed by atoms with E-state index in [1.165, 1.54) is 0 Å². The van der Waals surface area contributed by atoms with E-state index < -0.39 is 11.7 Å². The average molecular weight is 272 g/mol. The SMILES string of the molecule is C[C@@H](Cc1cnccn1)NC(=O)C(=O)c1cccn1C. The van der Waals surface area contributed by atoms with Gasteiger partial charge in [0.15, 0.2) is 0 Å². The zero-order valence-electron chi connectivity index (χ0n) is 11.4. The van der Waals surface area contributed by atoms with Crippen molar-refractivity contribution < 1.29 is 9.59 Å². The summed E-state index contributed by atoms with van der Waals surface area (Å²) >= 11 is 0. The van der Waals surface area contributed by atoms with Gasteiger partial charge in [-0.3, -0.25) is 19.6 Å². The molecule has 1 N–H and O–H groups in total. The fourth-order valence-electron chi connectivity index (χ4n) is 1.90. The molecule has 6 nitrogen and oxygen atoms in total. The molecule has 0 aliphatic carbocycles. The summed E-state index contributed by atoms with van der Waals surface area (Å²) < 4.78 is 1.62. The van der Waals surface area contributed by atoms with Crippen molar-refractivity contribution in [2.24, 2.45) is 7.05 Å². The van der Waals surface area contributed by atoms with Gasteiger partial charge in [0.1, 0.15) is 0 Å². The molecule has 0 aliphatic rings. The summed E-state index contributed by atoms with van der Waals surface area (Å²) in [5.41, 5.74) is 1.14. The molecular formula is C14H16N4O2. The molecule has 0 spiro atoms. The maximum atomic E-state index is 12.0. The molecule has 2 aromatic heterocycles. The van der Waals surface area contributed by atoms with Crippen LogP contribution in [0.25, 0.3) is 0 Å². The predicted octanol–water partition coefficient (Wildman–Crippen LogP) is 0.745. The van der Waals surface area contributed by atoms with E-state index in [0.717, 1.165) is 5.69 Å². The van der Waals surface area contributed by atoms with Crippen molar-refractivity contribution in [1.29, 1.82) is 0 Å². The molecule has 0 unspecified atom stereocenters. The minimum atomic E-state index is -0.608. The van der Waals surface area contributed by atoms with Gasteiger partial charge in [-0.1, -0.05) is 0 Å². The van der Waals surface area contributed by atoms with E-state index in [9.17, 15) is 9.59 Å². The molecular weight excluding hydrogens is 256 g/mol. The Labute approximate surface area is 116 Å². The highest BCUT2D eigenvalue weighted by molar-refractivity contribution is 6.42. The summed E-state index contributed by atoms with van der Waals surface area (Å²) in [5.74, 6) is -1.15. The number of amides is 1. The maximum Gasteiger partial charge on any atom is 0.294 e. The Kier molecular flexibility index (Phi) is 4.24. The van der Waals surface area contributed by atoms with Gasteiger partial charge >= 0.3 is 0 Å². The summed E-state index contributed by atoms with van der Waals surface area (Å²) in [6.45, 7) is 1.82. The van der Waals surface area contributed by atoms with Crippen LogP contribution >= 0.6 is 0 Å². The zero-order valence-corrected chi connectivity index (χ0v) is 11.4. The molecule has 0 aromatic carbocycles. The summed E-state index contributed by atoms with van der Waals surface area (Å²) in [7, 11) is 1.73. The molecule has 0 saturated carbocycles. The molecule has 2 heterocycles. The van der Waals surface area contributed by atoms with Crippen LogP contribution < -0.4 is 5.32 Å². The predicted molar refractivity (Wildman–Crippen MR) is 73.1 cm³/mol. The lowest BCUT2D eigenvalue weighted by Crippen LogP contribution is -2.39. The molecule has 20 heavy (non-hydrogen) atoms. The van der Waals surface area contributed by atoms with E-state index in [2.05, 4.69) is 15.3 Å². The number of ketones is 1. The second kappa shape index (κ2) is 6.10. The van der Waals surface area contributed by atoms with Crippen molar-refractivity contribution in [2.45, 2.75) is 19.4 Å². The van der Waals surface area contributed by atoms with Gasteiger partial charge in [-0.15, -0.1) is 0 Å². The molecule has 2 rings (SSSR count). The summed E-state index contributed by atoms with van der Waals surface area (Å²) in [6.07, 6.45) is 7.08. The normalized spacial score (nSPS) is 11.9. The Morgan fingerprint density at radius 3 is 2.80 bits per heavy atom. The van der Waals surface area contributed by atoms with Gasteiger partial charge in [0.2, 0.25) is 0 Å².